The van der Waals surface area contributed by atoms with Gasteiger partial charge in [-0.25, -0.2) is 24.5 Å². The van der Waals surface area contributed by atoms with Crippen LogP contribution < -0.4 is 0 Å². The fourth-order valence-electron chi connectivity index (χ4n) is 6.13. The predicted octanol–water partition coefficient (Wildman–Crippen LogP) is 4.17. The molecule has 4 atom stereocenters. The van der Waals surface area contributed by atoms with E-state index in [-0.39, 0.29) is 32.0 Å². The van der Waals surface area contributed by atoms with Crippen LogP contribution in [0.25, 0.3) is 11.2 Å². The highest BCUT2D eigenvalue weighted by molar-refractivity contribution is 5.72. The zero-order chi connectivity index (χ0) is 34.8. The zero-order valence-electron chi connectivity index (χ0n) is 27.9. The molecule has 0 bridgehead atoms. The fourth-order valence-corrected chi connectivity index (χ4v) is 6.13. The number of carbonyl (C=O) groups excluding carboxylic acids is 3. The van der Waals surface area contributed by atoms with Gasteiger partial charge in [0.05, 0.1) is 12.0 Å². The Morgan fingerprint density at radius 3 is 2.71 bits per heavy atom. The molecule has 3 aromatic rings. The van der Waals surface area contributed by atoms with E-state index in [1.807, 2.05) is 31.2 Å². The molecule has 0 N–H and O–H groups in total. The Morgan fingerprint density at radius 1 is 1.14 bits per heavy atom. The molecule has 49 heavy (non-hydrogen) atoms. The van der Waals surface area contributed by atoms with E-state index >= 15 is 0 Å². The number of piperidine rings is 1. The minimum atomic E-state index is -0.879. The maximum atomic E-state index is 12.8. The van der Waals surface area contributed by atoms with Crippen LogP contribution in [0.5, 0.6) is 0 Å². The molecule has 14 nitrogen and oxygen atoms in total. The molecule has 14 heteroatoms. The van der Waals surface area contributed by atoms with Crippen molar-refractivity contribution in [1.29, 1.82) is 0 Å². The molecular formula is C35H42N6O8. The molecule has 2 fully saturated rings. The van der Waals surface area contributed by atoms with Gasteiger partial charge in [0, 0.05) is 51.1 Å². The smallest absolute Gasteiger partial charge is 0.459 e. The van der Waals surface area contributed by atoms with Gasteiger partial charge in [0.1, 0.15) is 50.1 Å². The first kappa shape index (κ1) is 35.3. The highest BCUT2D eigenvalue weighted by Gasteiger charge is 2.40. The largest absolute Gasteiger partial charge is 0.508 e. The molecule has 2 aliphatic rings. The van der Waals surface area contributed by atoms with Crippen molar-refractivity contribution in [3.05, 3.63) is 66.4 Å². The Labute approximate surface area is 285 Å². The van der Waals surface area contributed by atoms with Crippen molar-refractivity contribution in [2.75, 3.05) is 39.5 Å². The number of likely N-dealkylation sites (tertiary alicyclic amines) is 1. The lowest BCUT2D eigenvalue weighted by atomic mass is 10.0. The number of ether oxygens (including phenoxy) is 5. The first-order valence-corrected chi connectivity index (χ1v) is 16.3. The van der Waals surface area contributed by atoms with Crippen molar-refractivity contribution < 1.29 is 38.1 Å². The van der Waals surface area contributed by atoms with Gasteiger partial charge >= 0.3 is 18.2 Å². The van der Waals surface area contributed by atoms with Crippen molar-refractivity contribution in [3.63, 3.8) is 0 Å². The van der Waals surface area contributed by atoms with Gasteiger partial charge in [-0.2, -0.15) is 0 Å². The van der Waals surface area contributed by atoms with Crippen LogP contribution in [0.2, 0.25) is 0 Å². The lowest BCUT2D eigenvalue weighted by molar-refractivity contribution is -0.150. The molecule has 2 saturated heterocycles. The molecule has 2 aromatic heterocycles. The lowest BCUT2D eigenvalue weighted by Gasteiger charge is -2.38. The van der Waals surface area contributed by atoms with E-state index in [0.29, 0.717) is 43.8 Å². The number of amides is 1. The third kappa shape index (κ3) is 9.33. The van der Waals surface area contributed by atoms with Crippen LogP contribution in [-0.2, 0) is 35.0 Å². The maximum absolute atomic E-state index is 12.8. The summed E-state index contributed by atoms with van der Waals surface area (Å²) in [6.07, 6.45) is 9.97. The van der Waals surface area contributed by atoms with Crippen molar-refractivity contribution in [2.24, 2.45) is 0 Å². The molecule has 0 saturated carbocycles. The molecular weight excluding hydrogens is 632 g/mol. The van der Waals surface area contributed by atoms with E-state index < -0.39 is 30.6 Å². The van der Waals surface area contributed by atoms with E-state index in [4.69, 9.17) is 30.1 Å². The van der Waals surface area contributed by atoms with Gasteiger partial charge in [0.2, 0.25) is 0 Å². The third-order valence-corrected chi connectivity index (χ3v) is 8.52. The Bertz CT molecular complexity index is 1650. The standard InChI is InChI=1S/C35H42N6O8/c1-5-16-45-34(43)40-14-8-7-9-28(40)20-39(19-27-12-10-26(6-2)11-13-27)15-17-46-35(44)47-21-30-29(48-25(4)42)18-31(49-30)41-23-38-32-24(3)36-22-37-33(32)41/h2,5,10-13,22-23,28-31H,1,7-9,14-21H2,3-4H3/t28?,29?,30-,31-/m1/s1. The summed E-state index contributed by atoms with van der Waals surface area (Å²) in [7, 11) is 0. The average Bonchev–Trinajstić information content (AvgIpc) is 3.71. The molecule has 1 aromatic carbocycles. The maximum Gasteiger partial charge on any atom is 0.508 e. The van der Waals surface area contributed by atoms with Gasteiger partial charge in [-0.3, -0.25) is 14.3 Å². The van der Waals surface area contributed by atoms with E-state index in [1.165, 1.54) is 13.3 Å². The third-order valence-electron chi connectivity index (χ3n) is 8.52. The molecule has 1 amide bonds. The van der Waals surface area contributed by atoms with Crippen molar-refractivity contribution in [1.82, 2.24) is 29.3 Å². The summed E-state index contributed by atoms with van der Waals surface area (Å²) in [4.78, 5) is 54.2. The number of esters is 1. The topological polar surface area (TPSA) is 147 Å². The fraction of sp³-hybridized carbons (Fsp3) is 0.486. The number of fused-ring (bicyclic) bond motifs is 1. The molecule has 4 heterocycles. The Balaban J connectivity index is 1.18. The number of imidazole rings is 1. The molecule has 0 aliphatic carbocycles. The summed E-state index contributed by atoms with van der Waals surface area (Å²) in [5.41, 5.74) is 3.75. The predicted molar refractivity (Wildman–Crippen MR) is 177 cm³/mol. The second-order valence-corrected chi connectivity index (χ2v) is 12.0. The summed E-state index contributed by atoms with van der Waals surface area (Å²) in [6, 6.07) is 7.61. The molecule has 5 rings (SSSR count). The summed E-state index contributed by atoms with van der Waals surface area (Å²) < 4.78 is 29.7. The number of hydrogen-bond donors (Lipinski definition) is 0. The quantitative estimate of drug-likeness (QED) is 0.111. The Morgan fingerprint density at radius 2 is 1.96 bits per heavy atom. The van der Waals surface area contributed by atoms with Gasteiger partial charge in [-0.15, -0.1) is 6.42 Å². The number of carbonyl (C=O) groups is 3. The lowest BCUT2D eigenvalue weighted by Crippen LogP contribution is -2.50. The Hall–Kier alpha value is -5.00. The van der Waals surface area contributed by atoms with E-state index in [9.17, 15) is 14.4 Å². The van der Waals surface area contributed by atoms with Crippen LogP contribution in [0, 0.1) is 19.3 Å². The molecule has 0 radical (unpaired) electrons. The second-order valence-electron chi connectivity index (χ2n) is 12.0. The number of nitrogens with zero attached hydrogens (tertiary/aromatic N) is 6. The van der Waals surface area contributed by atoms with Crippen LogP contribution >= 0.6 is 0 Å². The minimum absolute atomic E-state index is 0.0382. The first-order chi connectivity index (χ1) is 23.7. The van der Waals surface area contributed by atoms with Gasteiger partial charge in [0.25, 0.3) is 0 Å². The van der Waals surface area contributed by atoms with Crippen LogP contribution in [-0.4, -0.2) is 105 Å². The summed E-state index contributed by atoms with van der Waals surface area (Å²) in [5.74, 6) is 2.15. The van der Waals surface area contributed by atoms with Crippen LogP contribution in [0.3, 0.4) is 0 Å². The number of benzene rings is 1. The minimum Gasteiger partial charge on any atom is -0.459 e. The van der Waals surface area contributed by atoms with E-state index in [2.05, 4.69) is 32.4 Å². The molecule has 260 valence electrons. The van der Waals surface area contributed by atoms with Crippen LogP contribution in [0.1, 0.15) is 55.7 Å². The van der Waals surface area contributed by atoms with Gasteiger partial charge in [-0.05, 0) is 43.9 Å². The summed E-state index contributed by atoms with van der Waals surface area (Å²) in [6.45, 7) is 8.85. The van der Waals surface area contributed by atoms with Gasteiger partial charge < -0.3 is 28.6 Å². The van der Waals surface area contributed by atoms with Crippen LogP contribution in [0.15, 0.2) is 49.6 Å². The number of aryl methyl sites for hydroxylation is 1. The van der Waals surface area contributed by atoms with Crippen molar-refractivity contribution >= 4 is 29.4 Å². The van der Waals surface area contributed by atoms with E-state index in [1.54, 1.807) is 21.9 Å². The molecule has 2 unspecified atom stereocenters. The first-order valence-electron chi connectivity index (χ1n) is 16.3. The SMILES string of the molecule is C#Cc1ccc(CN(CCOC(=O)OC[C@H]2O[C@@H](n3cnc4c(C)ncnc43)CC2OC(C)=O)CC2CCCCN2C(=O)OCC=C)cc1. The number of hydrogen-bond acceptors (Lipinski definition) is 12. The number of rotatable bonds is 13. The summed E-state index contributed by atoms with van der Waals surface area (Å²) >= 11 is 0. The van der Waals surface area contributed by atoms with Gasteiger partial charge in [-0.1, -0.05) is 30.7 Å². The monoisotopic (exact) mass is 674 g/mol. The highest BCUT2D eigenvalue weighted by atomic mass is 16.7. The number of aromatic nitrogens is 4. The van der Waals surface area contributed by atoms with Crippen molar-refractivity contribution in [2.45, 2.75) is 70.6 Å². The number of terminal acetylenes is 1. The molecule has 2 aliphatic heterocycles. The summed E-state index contributed by atoms with van der Waals surface area (Å²) in [5, 5.41) is 0. The molecule has 0 spiro atoms. The van der Waals surface area contributed by atoms with Crippen molar-refractivity contribution in [3.8, 4) is 12.3 Å². The average molecular weight is 675 g/mol. The Kier molecular flexibility index (Phi) is 12.2. The second kappa shape index (κ2) is 16.9. The normalized spacial score (nSPS) is 20.5. The van der Waals surface area contributed by atoms with Crippen LogP contribution in [0.4, 0.5) is 9.59 Å². The highest BCUT2D eigenvalue weighted by Crippen LogP contribution is 2.33. The van der Waals surface area contributed by atoms with E-state index in [0.717, 1.165) is 36.1 Å². The zero-order valence-corrected chi connectivity index (χ0v) is 27.9. The van der Waals surface area contributed by atoms with Gasteiger partial charge in [0.15, 0.2) is 5.65 Å².